The van der Waals surface area contributed by atoms with Crippen LogP contribution >= 0.6 is 11.3 Å². The number of nitrogens with one attached hydrogen (secondary N) is 2. The van der Waals surface area contributed by atoms with Gasteiger partial charge in [-0.2, -0.15) is 0 Å². The Kier molecular flexibility index (Phi) is 7.87. The van der Waals surface area contributed by atoms with Gasteiger partial charge in [-0.15, -0.1) is 11.3 Å². The Bertz CT molecular complexity index is 1200. The highest BCUT2D eigenvalue weighted by atomic mass is 32.1. The van der Waals surface area contributed by atoms with Crippen molar-refractivity contribution in [3.63, 3.8) is 0 Å². The van der Waals surface area contributed by atoms with E-state index in [2.05, 4.69) is 10.6 Å². The van der Waals surface area contributed by atoms with Gasteiger partial charge < -0.3 is 10.6 Å². The SMILES string of the molecule is O=C(NCC(=O)N(c1cccc(F)c1)C(C(=O)NC1CCCC1)c1ccccc1F)c1cccs1. The normalized spacial score (nSPS) is 14.3. The zero-order valence-corrected chi connectivity index (χ0v) is 19.7. The summed E-state index contributed by atoms with van der Waals surface area (Å²) in [5, 5.41) is 7.21. The highest BCUT2D eigenvalue weighted by Crippen LogP contribution is 2.31. The lowest BCUT2D eigenvalue weighted by atomic mass is 10.0. The van der Waals surface area contributed by atoms with Gasteiger partial charge in [0.1, 0.15) is 17.7 Å². The second-order valence-electron chi connectivity index (χ2n) is 8.32. The fourth-order valence-electron chi connectivity index (χ4n) is 4.24. The number of hydrogen-bond acceptors (Lipinski definition) is 4. The first kappa shape index (κ1) is 24.5. The average molecular weight is 498 g/mol. The summed E-state index contributed by atoms with van der Waals surface area (Å²) in [5.74, 6) is -2.99. The Morgan fingerprint density at radius 3 is 2.46 bits per heavy atom. The summed E-state index contributed by atoms with van der Waals surface area (Å²) in [5.41, 5.74) is 0.0559. The molecule has 35 heavy (non-hydrogen) atoms. The molecule has 6 nitrogen and oxygen atoms in total. The quantitative estimate of drug-likeness (QED) is 0.478. The van der Waals surface area contributed by atoms with Crippen LogP contribution in [0.5, 0.6) is 0 Å². The molecule has 1 fully saturated rings. The molecule has 1 unspecified atom stereocenters. The molecular weight excluding hydrogens is 472 g/mol. The number of anilines is 1. The number of thiophene rings is 1. The van der Waals surface area contributed by atoms with Crippen LogP contribution in [0.1, 0.15) is 47.0 Å². The number of carbonyl (C=O) groups excluding carboxylic acids is 3. The predicted molar refractivity (Wildman–Crippen MR) is 130 cm³/mol. The summed E-state index contributed by atoms with van der Waals surface area (Å²) >= 11 is 1.22. The van der Waals surface area contributed by atoms with Gasteiger partial charge in [-0.3, -0.25) is 19.3 Å². The van der Waals surface area contributed by atoms with E-state index in [0.717, 1.165) is 36.6 Å². The summed E-state index contributed by atoms with van der Waals surface area (Å²) in [6.07, 6.45) is 3.52. The van der Waals surface area contributed by atoms with Crippen molar-refractivity contribution >= 4 is 34.7 Å². The van der Waals surface area contributed by atoms with Crippen LogP contribution in [0.2, 0.25) is 0 Å². The molecule has 2 N–H and O–H groups in total. The monoisotopic (exact) mass is 497 g/mol. The summed E-state index contributed by atoms with van der Waals surface area (Å²) < 4.78 is 29.2. The smallest absolute Gasteiger partial charge is 0.261 e. The number of benzene rings is 2. The van der Waals surface area contributed by atoms with Gasteiger partial charge in [0, 0.05) is 17.3 Å². The summed E-state index contributed by atoms with van der Waals surface area (Å²) in [6.45, 7) is -0.463. The van der Waals surface area contributed by atoms with Gasteiger partial charge in [-0.05, 0) is 48.6 Å². The molecule has 1 heterocycles. The van der Waals surface area contributed by atoms with E-state index in [1.807, 2.05) is 0 Å². The van der Waals surface area contributed by atoms with E-state index in [1.54, 1.807) is 23.6 Å². The minimum atomic E-state index is -1.40. The molecule has 1 aliphatic carbocycles. The molecule has 2 aromatic carbocycles. The van der Waals surface area contributed by atoms with Crippen molar-refractivity contribution in [3.05, 3.63) is 88.1 Å². The topological polar surface area (TPSA) is 78.5 Å². The first-order valence-electron chi connectivity index (χ1n) is 11.4. The Balaban J connectivity index is 1.70. The Morgan fingerprint density at radius 2 is 1.77 bits per heavy atom. The van der Waals surface area contributed by atoms with Crippen molar-refractivity contribution in [1.82, 2.24) is 10.6 Å². The number of carbonyl (C=O) groups is 3. The molecule has 0 spiro atoms. The van der Waals surface area contributed by atoms with Gasteiger partial charge in [-0.1, -0.05) is 43.2 Å². The van der Waals surface area contributed by atoms with Gasteiger partial charge in [-0.25, -0.2) is 8.78 Å². The summed E-state index contributed by atoms with van der Waals surface area (Å²) in [4.78, 5) is 40.9. The van der Waals surface area contributed by atoms with Crippen molar-refractivity contribution in [2.24, 2.45) is 0 Å². The highest BCUT2D eigenvalue weighted by Gasteiger charge is 2.36. The van der Waals surface area contributed by atoms with Crippen molar-refractivity contribution in [2.45, 2.75) is 37.8 Å². The van der Waals surface area contributed by atoms with Gasteiger partial charge in [0.25, 0.3) is 5.91 Å². The molecule has 182 valence electrons. The first-order chi connectivity index (χ1) is 16.9. The minimum Gasteiger partial charge on any atom is -0.351 e. The Hall–Kier alpha value is -3.59. The fraction of sp³-hybridized carbons (Fsp3) is 0.269. The molecule has 0 bridgehead atoms. The molecule has 0 aliphatic heterocycles. The summed E-state index contributed by atoms with van der Waals surface area (Å²) in [6, 6.07) is 12.7. The number of rotatable bonds is 8. The van der Waals surface area contributed by atoms with Crippen molar-refractivity contribution in [2.75, 3.05) is 11.4 Å². The molecule has 4 rings (SSSR count). The maximum absolute atomic E-state index is 15.0. The Labute approximate surface area is 206 Å². The second kappa shape index (κ2) is 11.2. The number of nitrogens with zero attached hydrogens (tertiary/aromatic N) is 1. The van der Waals surface area contributed by atoms with E-state index < -0.39 is 41.9 Å². The van der Waals surface area contributed by atoms with E-state index >= 15 is 0 Å². The fourth-order valence-corrected chi connectivity index (χ4v) is 4.88. The molecule has 0 radical (unpaired) electrons. The lowest BCUT2D eigenvalue weighted by Crippen LogP contribution is -2.49. The molecule has 1 saturated carbocycles. The van der Waals surface area contributed by atoms with E-state index in [0.29, 0.717) is 4.88 Å². The standard InChI is InChI=1S/C26H25F2N3O3S/c27-17-7-5-10-19(15-17)31(23(32)16-29-25(33)22-13-6-14-35-22)24(20-11-3-4-12-21(20)28)26(34)30-18-8-1-2-9-18/h3-7,10-15,18,24H,1-2,8-9,16H2,(H,29,33)(H,30,34). The predicted octanol–water partition coefficient (Wildman–Crippen LogP) is 4.59. The van der Waals surface area contributed by atoms with Gasteiger partial charge in [0.2, 0.25) is 11.8 Å². The molecule has 9 heteroatoms. The van der Waals surface area contributed by atoms with Crippen LogP contribution in [0.15, 0.2) is 66.0 Å². The molecule has 0 saturated heterocycles. The van der Waals surface area contributed by atoms with Crippen molar-refractivity contribution < 1.29 is 23.2 Å². The molecule has 1 aromatic heterocycles. The summed E-state index contributed by atoms with van der Waals surface area (Å²) in [7, 11) is 0. The van der Waals surface area contributed by atoms with Crippen molar-refractivity contribution in [1.29, 1.82) is 0 Å². The number of hydrogen-bond donors (Lipinski definition) is 2. The molecule has 1 aliphatic rings. The Morgan fingerprint density at radius 1 is 1.00 bits per heavy atom. The van der Waals surface area contributed by atoms with E-state index in [-0.39, 0.29) is 17.3 Å². The van der Waals surface area contributed by atoms with Crippen LogP contribution in [0.3, 0.4) is 0 Å². The zero-order valence-electron chi connectivity index (χ0n) is 18.9. The largest absolute Gasteiger partial charge is 0.351 e. The van der Waals surface area contributed by atoms with Crippen LogP contribution in [-0.2, 0) is 9.59 Å². The van der Waals surface area contributed by atoms with E-state index in [4.69, 9.17) is 0 Å². The highest BCUT2D eigenvalue weighted by molar-refractivity contribution is 7.12. The van der Waals surface area contributed by atoms with E-state index in [9.17, 15) is 23.2 Å². The van der Waals surface area contributed by atoms with Crippen LogP contribution in [0.25, 0.3) is 0 Å². The minimum absolute atomic E-state index is 0.0230. The van der Waals surface area contributed by atoms with E-state index in [1.165, 1.54) is 47.7 Å². The van der Waals surface area contributed by atoms with Crippen LogP contribution in [-0.4, -0.2) is 30.3 Å². The number of amides is 3. The molecule has 3 amide bonds. The van der Waals surface area contributed by atoms with Gasteiger partial charge >= 0.3 is 0 Å². The van der Waals surface area contributed by atoms with Crippen LogP contribution in [0.4, 0.5) is 14.5 Å². The third-order valence-corrected chi connectivity index (χ3v) is 6.78. The molecular formula is C26H25F2N3O3S. The van der Waals surface area contributed by atoms with Crippen LogP contribution < -0.4 is 15.5 Å². The van der Waals surface area contributed by atoms with Crippen molar-refractivity contribution in [3.8, 4) is 0 Å². The molecule has 1 atom stereocenters. The third-order valence-electron chi connectivity index (χ3n) is 5.91. The second-order valence-corrected chi connectivity index (χ2v) is 9.27. The maximum atomic E-state index is 15.0. The maximum Gasteiger partial charge on any atom is 0.261 e. The zero-order chi connectivity index (χ0) is 24.8. The lowest BCUT2D eigenvalue weighted by molar-refractivity contribution is -0.126. The number of halogens is 2. The average Bonchev–Trinajstić information content (AvgIpc) is 3.56. The lowest BCUT2D eigenvalue weighted by Gasteiger charge is -2.32. The third kappa shape index (κ3) is 5.92. The van der Waals surface area contributed by atoms with Gasteiger partial charge in [0.05, 0.1) is 11.4 Å². The van der Waals surface area contributed by atoms with Crippen LogP contribution in [0, 0.1) is 11.6 Å². The van der Waals surface area contributed by atoms with Gasteiger partial charge in [0.15, 0.2) is 0 Å². The molecule has 3 aromatic rings. The first-order valence-corrected chi connectivity index (χ1v) is 12.3.